The molecule has 2 aromatic rings. The van der Waals surface area contributed by atoms with E-state index in [1.807, 2.05) is 0 Å². The van der Waals surface area contributed by atoms with E-state index in [0.717, 1.165) is 23.2 Å². The highest BCUT2D eigenvalue weighted by Crippen LogP contribution is 2.37. The molecular weight excluding hydrogens is 340 g/mol. The monoisotopic (exact) mass is 354 g/mol. The first-order valence-electron chi connectivity index (χ1n) is 7.28. The average molecular weight is 354 g/mol. The van der Waals surface area contributed by atoms with E-state index in [9.17, 15) is 22.7 Å². The zero-order valence-electron chi connectivity index (χ0n) is 13.1. The van der Waals surface area contributed by atoms with Gasteiger partial charge in [-0.05, 0) is 24.6 Å². The molecule has 0 fully saturated rings. The molecule has 0 saturated carbocycles. The molecule has 132 valence electrons. The Balaban J connectivity index is 2.60. The van der Waals surface area contributed by atoms with Crippen LogP contribution >= 0.6 is 0 Å². The molecule has 2 aromatic heterocycles. The predicted octanol–water partition coefficient (Wildman–Crippen LogP) is 3.36. The second kappa shape index (κ2) is 7.44. The van der Waals surface area contributed by atoms with Gasteiger partial charge in [-0.25, -0.2) is 9.37 Å². The van der Waals surface area contributed by atoms with Gasteiger partial charge in [0.15, 0.2) is 5.69 Å². The van der Waals surface area contributed by atoms with Crippen molar-refractivity contribution in [1.82, 2.24) is 9.97 Å². The summed E-state index contributed by atoms with van der Waals surface area (Å²) in [5.74, 6) is -0.704. The molecule has 1 atom stereocenters. The Kier molecular flexibility index (Phi) is 5.54. The third kappa shape index (κ3) is 4.22. The van der Waals surface area contributed by atoms with E-state index in [1.54, 1.807) is 13.0 Å². The molecule has 0 amide bonds. The third-order valence-corrected chi connectivity index (χ3v) is 3.42. The Morgan fingerprint density at radius 1 is 1.32 bits per heavy atom. The summed E-state index contributed by atoms with van der Waals surface area (Å²) in [6.07, 6.45) is -3.86. The van der Waals surface area contributed by atoms with Crippen molar-refractivity contribution in [2.24, 2.45) is 0 Å². The summed E-state index contributed by atoms with van der Waals surface area (Å²) >= 11 is 0. The molecule has 25 heavy (non-hydrogen) atoms. The van der Waals surface area contributed by atoms with Crippen LogP contribution in [0.15, 0.2) is 30.6 Å². The molecule has 2 rings (SSSR count). The summed E-state index contributed by atoms with van der Waals surface area (Å²) in [4.78, 5) is 8.09. The number of rotatable bonds is 5. The van der Waals surface area contributed by atoms with Gasteiger partial charge in [0, 0.05) is 11.8 Å². The third-order valence-electron chi connectivity index (χ3n) is 3.42. The zero-order chi connectivity index (χ0) is 18.6. The summed E-state index contributed by atoms with van der Waals surface area (Å²) in [5.41, 5.74) is -1.72. The number of pyridine rings is 2. The summed E-state index contributed by atoms with van der Waals surface area (Å²) in [5, 5.41) is 18.8. The summed E-state index contributed by atoms with van der Waals surface area (Å²) in [7, 11) is 0. The van der Waals surface area contributed by atoms with E-state index < -0.39 is 36.1 Å². The van der Waals surface area contributed by atoms with Crippen LogP contribution in [-0.2, 0) is 6.18 Å². The van der Waals surface area contributed by atoms with Crippen LogP contribution in [0, 0.1) is 17.1 Å². The van der Waals surface area contributed by atoms with Crippen LogP contribution in [0.4, 0.5) is 23.2 Å². The Labute approximate surface area is 141 Å². The Bertz CT molecular complexity index is 788. The van der Waals surface area contributed by atoms with Gasteiger partial charge in [-0.15, -0.1) is 0 Å². The maximum atomic E-state index is 13.4. The van der Waals surface area contributed by atoms with E-state index in [-0.39, 0.29) is 17.7 Å². The van der Waals surface area contributed by atoms with Crippen LogP contribution in [-0.4, -0.2) is 27.8 Å². The second-order valence-corrected chi connectivity index (χ2v) is 5.13. The van der Waals surface area contributed by atoms with Crippen LogP contribution in [0.1, 0.15) is 19.0 Å². The summed E-state index contributed by atoms with van der Waals surface area (Å²) in [6, 6.07) is 5.10. The number of nitrogens with zero attached hydrogens (tertiary/aromatic N) is 4. The molecule has 0 aliphatic heterocycles. The smallest absolute Gasteiger partial charge is 0.374 e. The highest BCUT2D eigenvalue weighted by Gasteiger charge is 2.38. The SMILES string of the molecule is CCC(O)N(CC#N)c1ccc(-c2cncc(F)c2)nc1C(F)(F)F. The molecular formula is C16H14F4N4O. The molecule has 2 heterocycles. The van der Waals surface area contributed by atoms with Gasteiger partial charge in [-0.1, -0.05) is 6.92 Å². The highest BCUT2D eigenvalue weighted by molar-refractivity contribution is 5.63. The molecule has 0 aliphatic rings. The molecule has 9 heteroatoms. The van der Waals surface area contributed by atoms with Crippen molar-refractivity contribution in [3.8, 4) is 17.3 Å². The minimum absolute atomic E-state index is 0.0833. The number of anilines is 1. The lowest BCUT2D eigenvalue weighted by Gasteiger charge is -2.29. The molecule has 0 saturated heterocycles. The van der Waals surface area contributed by atoms with Gasteiger partial charge >= 0.3 is 6.18 Å². The normalized spacial score (nSPS) is 12.5. The van der Waals surface area contributed by atoms with Gasteiger partial charge in [0.2, 0.25) is 0 Å². The topological polar surface area (TPSA) is 73.0 Å². The quantitative estimate of drug-likeness (QED) is 0.506. The van der Waals surface area contributed by atoms with E-state index in [0.29, 0.717) is 0 Å². The maximum Gasteiger partial charge on any atom is 0.435 e. The van der Waals surface area contributed by atoms with Gasteiger partial charge in [-0.3, -0.25) is 4.98 Å². The van der Waals surface area contributed by atoms with Gasteiger partial charge in [0.1, 0.15) is 18.6 Å². The number of hydrogen-bond donors (Lipinski definition) is 1. The lowest BCUT2D eigenvalue weighted by molar-refractivity contribution is -0.140. The molecule has 5 nitrogen and oxygen atoms in total. The number of hydrogen-bond acceptors (Lipinski definition) is 5. The average Bonchev–Trinajstić information content (AvgIpc) is 2.58. The highest BCUT2D eigenvalue weighted by atomic mass is 19.4. The van der Waals surface area contributed by atoms with Crippen molar-refractivity contribution in [1.29, 1.82) is 5.26 Å². The van der Waals surface area contributed by atoms with Gasteiger partial charge in [-0.2, -0.15) is 18.4 Å². The molecule has 0 aromatic carbocycles. The van der Waals surface area contributed by atoms with E-state index >= 15 is 0 Å². The van der Waals surface area contributed by atoms with Crippen LogP contribution < -0.4 is 4.90 Å². The first kappa shape index (κ1) is 18.6. The van der Waals surface area contributed by atoms with Gasteiger partial charge in [0.25, 0.3) is 0 Å². The second-order valence-electron chi connectivity index (χ2n) is 5.13. The largest absolute Gasteiger partial charge is 0.435 e. The van der Waals surface area contributed by atoms with E-state index in [2.05, 4.69) is 9.97 Å². The Morgan fingerprint density at radius 2 is 2.04 bits per heavy atom. The fourth-order valence-electron chi connectivity index (χ4n) is 2.25. The molecule has 0 aliphatic carbocycles. The van der Waals surface area contributed by atoms with Crippen LogP contribution in [0.25, 0.3) is 11.3 Å². The number of nitriles is 1. The van der Waals surface area contributed by atoms with Crippen molar-refractivity contribution >= 4 is 5.69 Å². The van der Waals surface area contributed by atoms with Crippen LogP contribution in [0.5, 0.6) is 0 Å². The molecule has 1 N–H and O–H groups in total. The number of alkyl halides is 3. The van der Waals surface area contributed by atoms with E-state index in [4.69, 9.17) is 5.26 Å². The fourth-order valence-corrected chi connectivity index (χ4v) is 2.25. The minimum atomic E-state index is -4.83. The molecule has 0 radical (unpaired) electrons. The number of halogens is 4. The first-order valence-corrected chi connectivity index (χ1v) is 7.28. The maximum absolute atomic E-state index is 13.4. The van der Waals surface area contributed by atoms with Crippen LogP contribution in [0.3, 0.4) is 0 Å². The van der Waals surface area contributed by atoms with Gasteiger partial charge < -0.3 is 10.0 Å². The Hall–Kier alpha value is -2.73. The molecule has 0 spiro atoms. The number of aliphatic hydroxyl groups excluding tert-OH is 1. The van der Waals surface area contributed by atoms with Crippen LogP contribution in [0.2, 0.25) is 0 Å². The predicted molar refractivity (Wildman–Crippen MR) is 81.7 cm³/mol. The van der Waals surface area contributed by atoms with Crippen molar-refractivity contribution in [3.63, 3.8) is 0 Å². The van der Waals surface area contributed by atoms with Gasteiger partial charge in [0.05, 0.1) is 23.6 Å². The lowest BCUT2D eigenvalue weighted by Crippen LogP contribution is -2.36. The number of aromatic nitrogens is 2. The number of aliphatic hydroxyl groups is 1. The first-order chi connectivity index (χ1) is 11.8. The van der Waals surface area contributed by atoms with Crippen molar-refractivity contribution in [3.05, 3.63) is 42.1 Å². The zero-order valence-corrected chi connectivity index (χ0v) is 13.1. The fraction of sp³-hybridized carbons (Fsp3) is 0.312. The summed E-state index contributed by atoms with van der Waals surface area (Å²) in [6.45, 7) is 1.13. The van der Waals surface area contributed by atoms with Crippen molar-refractivity contribution < 1.29 is 22.7 Å². The summed E-state index contributed by atoms with van der Waals surface area (Å²) < 4.78 is 53.6. The van der Waals surface area contributed by atoms with Crippen molar-refractivity contribution in [2.45, 2.75) is 25.7 Å². The van der Waals surface area contributed by atoms with E-state index in [1.165, 1.54) is 12.3 Å². The lowest BCUT2D eigenvalue weighted by atomic mass is 10.1. The molecule has 0 bridgehead atoms. The minimum Gasteiger partial charge on any atom is -0.374 e. The molecule has 1 unspecified atom stereocenters. The Morgan fingerprint density at radius 3 is 2.60 bits per heavy atom. The van der Waals surface area contributed by atoms with Crippen molar-refractivity contribution in [2.75, 3.05) is 11.4 Å². The standard InChI is InChI=1S/C16H14F4N4O/c1-2-14(25)24(6-5-21)13-4-3-12(23-15(13)16(18,19)20)10-7-11(17)9-22-8-10/h3-4,7-9,14,25H,2,6H2,1H3.